The molecular formula is C17H19N3O5S2. The van der Waals surface area contributed by atoms with Crippen molar-refractivity contribution >= 4 is 39.1 Å². The lowest BCUT2D eigenvalue weighted by molar-refractivity contribution is -0.384. The number of benzene rings is 2. The molecule has 2 aromatic rings. The Bertz CT molecular complexity index is 911. The number of carbonyl (C=O) groups is 1. The maximum atomic E-state index is 12.1. The molecular weight excluding hydrogens is 390 g/mol. The molecule has 0 aromatic heterocycles. The van der Waals surface area contributed by atoms with Gasteiger partial charge in [-0.1, -0.05) is 0 Å². The lowest BCUT2D eigenvalue weighted by Gasteiger charge is -2.10. The molecule has 0 aliphatic rings. The molecule has 8 nitrogen and oxygen atoms in total. The SMILES string of the molecule is CC(C)NS(=O)(=O)c1ccc(NC(=O)CSc2ccc([N+](=O)[O-])cc2)cc1. The molecule has 144 valence electrons. The molecule has 0 bridgehead atoms. The lowest BCUT2D eigenvalue weighted by atomic mass is 10.3. The van der Waals surface area contributed by atoms with E-state index in [-0.39, 0.29) is 28.3 Å². The van der Waals surface area contributed by atoms with Crippen LogP contribution in [0.1, 0.15) is 13.8 Å². The molecule has 0 fully saturated rings. The van der Waals surface area contributed by atoms with Gasteiger partial charge in [-0.25, -0.2) is 13.1 Å². The summed E-state index contributed by atoms with van der Waals surface area (Å²) in [5.74, 6) is -0.151. The molecule has 0 atom stereocenters. The minimum Gasteiger partial charge on any atom is -0.325 e. The number of nitrogens with zero attached hydrogens (tertiary/aromatic N) is 1. The fourth-order valence-corrected chi connectivity index (χ4v) is 4.06. The van der Waals surface area contributed by atoms with Gasteiger partial charge in [0.2, 0.25) is 15.9 Å². The van der Waals surface area contributed by atoms with E-state index in [0.29, 0.717) is 5.69 Å². The van der Waals surface area contributed by atoms with Gasteiger partial charge >= 0.3 is 0 Å². The maximum Gasteiger partial charge on any atom is 0.269 e. The van der Waals surface area contributed by atoms with Crippen molar-refractivity contribution in [2.75, 3.05) is 11.1 Å². The summed E-state index contributed by atoms with van der Waals surface area (Å²) in [7, 11) is -3.58. The Morgan fingerprint density at radius 1 is 1.11 bits per heavy atom. The Kier molecular flexibility index (Phi) is 6.94. The molecule has 0 saturated carbocycles. The second-order valence-electron chi connectivity index (χ2n) is 5.89. The van der Waals surface area contributed by atoms with Crippen molar-refractivity contribution in [2.24, 2.45) is 0 Å². The zero-order valence-corrected chi connectivity index (χ0v) is 16.3. The fraction of sp³-hybridized carbons (Fsp3) is 0.235. The summed E-state index contributed by atoms with van der Waals surface area (Å²) in [5, 5.41) is 13.3. The van der Waals surface area contributed by atoms with Crippen molar-refractivity contribution < 1.29 is 18.1 Å². The van der Waals surface area contributed by atoms with Gasteiger partial charge in [0, 0.05) is 28.8 Å². The van der Waals surface area contributed by atoms with Crippen LogP contribution in [0.3, 0.4) is 0 Å². The van der Waals surface area contributed by atoms with Crippen LogP contribution in [0.5, 0.6) is 0 Å². The number of hydrogen-bond donors (Lipinski definition) is 2. The molecule has 2 N–H and O–H groups in total. The van der Waals surface area contributed by atoms with E-state index in [1.165, 1.54) is 48.2 Å². The zero-order chi connectivity index (χ0) is 20.0. The fourth-order valence-electron chi connectivity index (χ4n) is 2.11. The van der Waals surface area contributed by atoms with E-state index in [9.17, 15) is 23.3 Å². The number of nitrogens with one attached hydrogen (secondary N) is 2. The molecule has 0 spiro atoms. The minimum atomic E-state index is -3.58. The monoisotopic (exact) mass is 409 g/mol. The summed E-state index contributed by atoms with van der Waals surface area (Å²) >= 11 is 1.24. The highest BCUT2D eigenvalue weighted by molar-refractivity contribution is 8.00. The van der Waals surface area contributed by atoms with Gasteiger partial charge in [0.25, 0.3) is 5.69 Å². The molecule has 0 unspecified atom stereocenters. The van der Waals surface area contributed by atoms with Crippen LogP contribution in [0, 0.1) is 10.1 Å². The van der Waals surface area contributed by atoms with Crippen LogP contribution < -0.4 is 10.0 Å². The van der Waals surface area contributed by atoms with Crippen LogP contribution in [-0.2, 0) is 14.8 Å². The van der Waals surface area contributed by atoms with E-state index in [2.05, 4.69) is 10.0 Å². The Balaban J connectivity index is 1.91. The van der Waals surface area contributed by atoms with E-state index in [4.69, 9.17) is 0 Å². The predicted molar refractivity (Wildman–Crippen MR) is 104 cm³/mol. The number of anilines is 1. The first-order valence-electron chi connectivity index (χ1n) is 7.97. The third-order valence-corrected chi connectivity index (χ3v) is 5.94. The highest BCUT2D eigenvalue weighted by Crippen LogP contribution is 2.22. The van der Waals surface area contributed by atoms with E-state index < -0.39 is 14.9 Å². The molecule has 0 aliphatic heterocycles. The van der Waals surface area contributed by atoms with Crippen LogP contribution >= 0.6 is 11.8 Å². The average molecular weight is 409 g/mol. The molecule has 27 heavy (non-hydrogen) atoms. The summed E-state index contributed by atoms with van der Waals surface area (Å²) in [6, 6.07) is 11.6. The van der Waals surface area contributed by atoms with Crippen molar-refractivity contribution in [1.82, 2.24) is 4.72 Å². The third kappa shape index (κ3) is 6.35. The topological polar surface area (TPSA) is 118 Å². The van der Waals surface area contributed by atoms with Crippen LogP contribution in [-0.4, -0.2) is 31.0 Å². The molecule has 2 rings (SSSR count). The van der Waals surface area contributed by atoms with Gasteiger partial charge in [-0.3, -0.25) is 14.9 Å². The van der Waals surface area contributed by atoms with Gasteiger partial charge in [0.1, 0.15) is 0 Å². The van der Waals surface area contributed by atoms with Crippen molar-refractivity contribution in [2.45, 2.75) is 29.7 Å². The normalized spacial score (nSPS) is 11.4. The Labute approximate surface area is 161 Å². The number of nitro benzene ring substituents is 1. The van der Waals surface area contributed by atoms with Crippen molar-refractivity contribution in [3.05, 3.63) is 58.6 Å². The first-order chi connectivity index (χ1) is 12.7. The quantitative estimate of drug-likeness (QED) is 0.393. The van der Waals surface area contributed by atoms with E-state index in [1.54, 1.807) is 26.0 Å². The van der Waals surface area contributed by atoms with Gasteiger partial charge in [-0.2, -0.15) is 0 Å². The minimum absolute atomic E-state index is 0.00852. The molecule has 0 saturated heterocycles. The summed E-state index contributed by atoms with van der Waals surface area (Å²) in [5.41, 5.74) is 0.471. The second kappa shape index (κ2) is 8.98. The van der Waals surface area contributed by atoms with Crippen molar-refractivity contribution in [3.63, 3.8) is 0 Å². The van der Waals surface area contributed by atoms with E-state index >= 15 is 0 Å². The number of hydrogen-bond acceptors (Lipinski definition) is 6. The molecule has 1 amide bonds. The van der Waals surface area contributed by atoms with E-state index in [1.807, 2.05) is 0 Å². The average Bonchev–Trinajstić information content (AvgIpc) is 2.59. The summed E-state index contributed by atoms with van der Waals surface area (Å²) < 4.78 is 26.6. The molecule has 0 radical (unpaired) electrons. The lowest BCUT2D eigenvalue weighted by Crippen LogP contribution is -2.30. The van der Waals surface area contributed by atoms with Gasteiger partial charge in [-0.15, -0.1) is 11.8 Å². The molecule has 0 aliphatic carbocycles. The first kappa shape index (κ1) is 20.9. The van der Waals surface area contributed by atoms with Crippen LogP contribution in [0.25, 0.3) is 0 Å². The van der Waals surface area contributed by atoms with Crippen LogP contribution in [0.4, 0.5) is 11.4 Å². The van der Waals surface area contributed by atoms with Gasteiger partial charge in [0.15, 0.2) is 0 Å². The Hall–Kier alpha value is -2.43. The maximum absolute atomic E-state index is 12.1. The summed E-state index contributed by atoms with van der Waals surface area (Å²) in [6.07, 6.45) is 0. The molecule has 2 aromatic carbocycles. The number of non-ortho nitro benzene ring substituents is 1. The number of rotatable bonds is 8. The van der Waals surface area contributed by atoms with Crippen LogP contribution in [0.15, 0.2) is 58.3 Å². The number of sulfonamides is 1. The van der Waals surface area contributed by atoms with Gasteiger partial charge in [0.05, 0.1) is 15.6 Å². The number of carbonyl (C=O) groups excluding carboxylic acids is 1. The highest BCUT2D eigenvalue weighted by atomic mass is 32.2. The highest BCUT2D eigenvalue weighted by Gasteiger charge is 2.15. The molecule has 0 heterocycles. The Morgan fingerprint density at radius 3 is 2.22 bits per heavy atom. The number of nitro groups is 1. The predicted octanol–water partition coefficient (Wildman–Crippen LogP) is 3.01. The van der Waals surface area contributed by atoms with Crippen molar-refractivity contribution in [3.8, 4) is 0 Å². The van der Waals surface area contributed by atoms with Crippen LogP contribution in [0.2, 0.25) is 0 Å². The third-order valence-electron chi connectivity index (χ3n) is 3.26. The molecule has 10 heteroatoms. The summed E-state index contributed by atoms with van der Waals surface area (Å²) in [6.45, 7) is 3.46. The smallest absolute Gasteiger partial charge is 0.269 e. The second-order valence-corrected chi connectivity index (χ2v) is 8.65. The first-order valence-corrected chi connectivity index (χ1v) is 10.4. The summed E-state index contributed by atoms with van der Waals surface area (Å²) in [4.78, 5) is 23.0. The number of thioether (sulfide) groups is 1. The van der Waals surface area contributed by atoms with Crippen molar-refractivity contribution in [1.29, 1.82) is 0 Å². The Morgan fingerprint density at radius 2 is 1.70 bits per heavy atom. The number of amides is 1. The zero-order valence-electron chi connectivity index (χ0n) is 14.7. The van der Waals surface area contributed by atoms with Gasteiger partial charge < -0.3 is 5.32 Å². The van der Waals surface area contributed by atoms with Gasteiger partial charge in [-0.05, 0) is 50.2 Å². The standard InChI is InChI=1S/C17H19N3O5S2/c1-12(2)19-27(24,25)16-9-3-13(4-10-16)18-17(21)11-26-15-7-5-14(6-8-15)20(22)23/h3-10,12,19H,11H2,1-2H3,(H,18,21). The largest absolute Gasteiger partial charge is 0.325 e. The van der Waals surface area contributed by atoms with E-state index in [0.717, 1.165) is 4.90 Å².